The molecule has 1 aliphatic carbocycles. The summed E-state index contributed by atoms with van der Waals surface area (Å²) in [5, 5.41) is 19.2. The number of ether oxygens (including phenoxy) is 1. The summed E-state index contributed by atoms with van der Waals surface area (Å²) < 4.78 is 89.0. The maximum absolute atomic E-state index is 13.5. The van der Waals surface area contributed by atoms with Gasteiger partial charge in [0, 0.05) is 18.5 Å². The Morgan fingerprint density at radius 3 is 2.04 bits per heavy atom. The number of hydrogen-bond donors (Lipinski definition) is 3. The van der Waals surface area contributed by atoms with Gasteiger partial charge in [-0.1, -0.05) is 54.6 Å². The zero-order valence-corrected chi connectivity index (χ0v) is 25.7. The summed E-state index contributed by atoms with van der Waals surface area (Å²) in [5.74, 6) is 0. The molecule has 0 radical (unpaired) electrons. The topological polar surface area (TPSA) is 92.2 Å². The van der Waals surface area contributed by atoms with Crippen molar-refractivity contribution < 1.29 is 36.2 Å². The lowest BCUT2D eigenvalue weighted by atomic mass is 9.64. The molecule has 1 aromatic heterocycles. The van der Waals surface area contributed by atoms with E-state index in [-0.39, 0.29) is 30.5 Å². The molecule has 1 heterocycles. The molecule has 3 N–H and O–H groups in total. The number of aromatic amines is 1. The number of nitrogens with zero attached hydrogens (tertiary/aromatic N) is 2. The van der Waals surface area contributed by atoms with E-state index in [4.69, 9.17) is 4.74 Å². The van der Waals surface area contributed by atoms with E-state index in [0.717, 1.165) is 16.7 Å². The van der Waals surface area contributed by atoms with Gasteiger partial charge in [-0.2, -0.15) is 31.4 Å². The van der Waals surface area contributed by atoms with Crippen LogP contribution in [0.25, 0.3) is 0 Å². The van der Waals surface area contributed by atoms with E-state index >= 15 is 0 Å². The monoisotopic (exact) mass is 662 g/mol. The molecule has 3 aromatic carbocycles. The van der Waals surface area contributed by atoms with Gasteiger partial charge >= 0.3 is 18.0 Å². The average molecular weight is 663 g/mol. The average Bonchev–Trinajstić information content (AvgIpc) is 3.50. The SMILES string of the molecule is C[C@@H](OC[C@]1(c2ccccc2)CC[C@@](CNCc2ccc(CO)cc2)(n2cn[nH]c2=O)CC1)c1cc(C(F)(F)F)cc(C(F)(F)F)c1. The van der Waals surface area contributed by atoms with Gasteiger partial charge in [-0.15, -0.1) is 0 Å². The van der Waals surface area contributed by atoms with Crippen LogP contribution < -0.4 is 11.0 Å². The number of alkyl halides is 6. The second-order valence-corrected chi connectivity index (χ2v) is 12.3. The Labute approximate surface area is 267 Å². The highest BCUT2D eigenvalue weighted by Gasteiger charge is 2.46. The van der Waals surface area contributed by atoms with Gasteiger partial charge in [0.25, 0.3) is 0 Å². The minimum Gasteiger partial charge on any atom is -0.392 e. The van der Waals surface area contributed by atoms with Crippen LogP contribution in [0.15, 0.2) is 83.9 Å². The second-order valence-electron chi connectivity index (χ2n) is 12.3. The summed E-state index contributed by atoms with van der Waals surface area (Å²) in [4.78, 5) is 12.8. The summed E-state index contributed by atoms with van der Waals surface area (Å²) in [7, 11) is 0. The molecule has 47 heavy (non-hydrogen) atoms. The van der Waals surface area contributed by atoms with E-state index in [9.17, 15) is 36.2 Å². The van der Waals surface area contributed by atoms with Crippen molar-refractivity contribution in [2.45, 2.75) is 75.2 Å². The molecule has 0 amide bonds. The third-order valence-corrected chi connectivity index (χ3v) is 9.26. The maximum atomic E-state index is 13.5. The van der Waals surface area contributed by atoms with Crippen LogP contribution in [0.1, 0.15) is 72.1 Å². The van der Waals surface area contributed by atoms with Gasteiger partial charge < -0.3 is 15.2 Å². The van der Waals surface area contributed by atoms with Crippen molar-refractivity contribution in [2.24, 2.45) is 0 Å². The number of nitrogens with one attached hydrogen (secondary N) is 2. The zero-order valence-electron chi connectivity index (χ0n) is 25.7. The number of H-pyrrole nitrogens is 1. The molecule has 13 heteroatoms. The van der Waals surface area contributed by atoms with Gasteiger partial charge in [0.1, 0.15) is 6.33 Å². The molecule has 1 atom stereocenters. The number of rotatable bonds is 11. The van der Waals surface area contributed by atoms with Crippen molar-refractivity contribution in [3.63, 3.8) is 0 Å². The first-order chi connectivity index (χ1) is 22.2. The van der Waals surface area contributed by atoms with E-state index in [2.05, 4.69) is 15.5 Å². The number of aliphatic hydroxyl groups excluding tert-OH is 1. The summed E-state index contributed by atoms with van der Waals surface area (Å²) >= 11 is 0. The minimum atomic E-state index is -4.96. The zero-order chi connectivity index (χ0) is 33.9. The van der Waals surface area contributed by atoms with Crippen molar-refractivity contribution >= 4 is 0 Å². The van der Waals surface area contributed by atoms with Gasteiger partial charge in [0.15, 0.2) is 0 Å². The molecular weight excluding hydrogens is 626 g/mol. The number of aromatic nitrogens is 3. The first kappa shape index (κ1) is 34.4. The molecule has 4 aromatic rings. The first-order valence-corrected chi connectivity index (χ1v) is 15.2. The first-order valence-electron chi connectivity index (χ1n) is 15.2. The summed E-state index contributed by atoms with van der Waals surface area (Å²) in [6.45, 7) is 2.38. The van der Waals surface area contributed by atoms with Crippen LogP contribution in [0, 0.1) is 0 Å². The smallest absolute Gasteiger partial charge is 0.392 e. The lowest BCUT2D eigenvalue weighted by Crippen LogP contribution is -2.52. The summed E-state index contributed by atoms with van der Waals surface area (Å²) in [5.41, 5.74) is -1.93. The van der Waals surface area contributed by atoms with Crippen LogP contribution in [0.5, 0.6) is 0 Å². The summed E-state index contributed by atoms with van der Waals surface area (Å²) in [6.07, 6.45) is -7.46. The lowest BCUT2D eigenvalue weighted by Gasteiger charge is -2.47. The molecule has 0 aliphatic heterocycles. The molecule has 5 rings (SSSR count). The van der Waals surface area contributed by atoms with Gasteiger partial charge in [-0.3, -0.25) is 4.57 Å². The predicted octanol–water partition coefficient (Wildman–Crippen LogP) is 6.88. The summed E-state index contributed by atoms with van der Waals surface area (Å²) in [6, 6.07) is 18.5. The number of hydrogen-bond acceptors (Lipinski definition) is 5. The minimum absolute atomic E-state index is 0.0385. The van der Waals surface area contributed by atoms with E-state index in [1.54, 1.807) is 4.57 Å². The van der Waals surface area contributed by atoms with Crippen molar-refractivity contribution in [1.82, 2.24) is 20.1 Å². The molecule has 1 fully saturated rings. The van der Waals surface area contributed by atoms with Gasteiger partial charge in [0.2, 0.25) is 0 Å². The maximum Gasteiger partial charge on any atom is 0.416 e. The molecule has 1 saturated carbocycles. The van der Waals surface area contributed by atoms with Gasteiger partial charge in [-0.25, -0.2) is 9.89 Å². The molecule has 0 saturated heterocycles. The molecule has 0 unspecified atom stereocenters. The van der Waals surface area contributed by atoms with Crippen molar-refractivity contribution in [3.05, 3.63) is 123 Å². The standard InChI is InChI=1S/C34H36F6N4O3/c1-23(26-15-28(33(35,36)37)17-29(16-26)34(38,39)40)47-21-31(27-5-3-2-4-6-27)11-13-32(14-12-31,44-22-42-43-30(44)46)20-41-18-24-7-9-25(19-45)10-8-24/h2-10,15-17,22-23,41,45H,11-14,18-21H2,1H3,(H,43,46)/t23-,31-,32+/m1/s1. The fraction of sp³-hybridized carbons (Fsp3) is 0.412. The van der Waals surface area contributed by atoms with Crippen molar-refractivity contribution in [2.75, 3.05) is 13.2 Å². The van der Waals surface area contributed by atoms with Gasteiger partial charge in [-0.05, 0) is 73.1 Å². The quantitative estimate of drug-likeness (QED) is 0.153. The van der Waals surface area contributed by atoms with Crippen LogP contribution >= 0.6 is 0 Å². The second kappa shape index (κ2) is 13.7. The number of aliphatic hydroxyl groups is 1. The Balaban J connectivity index is 1.38. The predicted molar refractivity (Wildman–Crippen MR) is 162 cm³/mol. The van der Waals surface area contributed by atoms with E-state index < -0.39 is 40.5 Å². The fourth-order valence-electron chi connectivity index (χ4n) is 6.39. The van der Waals surface area contributed by atoms with Crippen molar-refractivity contribution in [1.29, 1.82) is 0 Å². The highest BCUT2D eigenvalue weighted by Crippen LogP contribution is 2.47. The van der Waals surface area contributed by atoms with E-state index in [1.165, 1.54) is 13.3 Å². The largest absolute Gasteiger partial charge is 0.416 e. The third kappa shape index (κ3) is 7.79. The molecule has 0 bridgehead atoms. The Kier molecular flexibility index (Phi) is 9.99. The molecule has 0 spiro atoms. The Morgan fingerprint density at radius 2 is 1.51 bits per heavy atom. The number of benzene rings is 3. The Morgan fingerprint density at radius 1 is 0.915 bits per heavy atom. The normalized spacial score (nSPS) is 21.1. The fourth-order valence-corrected chi connectivity index (χ4v) is 6.39. The highest BCUT2D eigenvalue weighted by molar-refractivity contribution is 5.35. The molecule has 7 nitrogen and oxygen atoms in total. The molecule has 1 aliphatic rings. The highest BCUT2D eigenvalue weighted by atomic mass is 19.4. The van der Waals surface area contributed by atoms with Crippen molar-refractivity contribution in [3.8, 4) is 0 Å². The lowest BCUT2D eigenvalue weighted by molar-refractivity contribution is -0.143. The number of halogens is 6. The third-order valence-electron chi connectivity index (χ3n) is 9.26. The van der Waals surface area contributed by atoms with E-state index in [1.807, 2.05) is 54.6 Å². The van der Waals surface area contributed by atoms with Crippen LogP contribution in [-0.2, 0) is 41.2 Å². The molecular formula is C34H36F6N4O3. The van der Waals surface area contributed by atoms with Gasteiger partial charge in [0.05, 0.1) is 36.0 Å². The van der Waals surface area contributed by atoms with E-state index in [0.29, 0.717) is 50.9 Å². The van der Waals surface area contributed by atoms with Crippen LogP contribution in [0.4, 0.5) is 26.3 Å². The molecule has 252 valence electrons. The van der Waals surface area contributed by atoms with Crippen LogP contribution in [-0.4, -0.2) is 33.0 Å². The van der Waals surface area contributed by atoms with Crippen LogP contribution in [0.2, 0.25) is 0 Å². The Bertz CT molecular complexity index is 1640. The Hall–Kier alpha value is -3.94. The van der Waals surface area contributed by atoms with Crippen LogP contribution in [0.3, 0.4) is 0 Å².